The van der Waals surface area contributed by atoms with Crippen LogP contribution in [-0.2, 0) is 9.53 Å². The highest BCUT2D eigenvalue weighted by atomic mass is 127. The minimum Gasteiger partial charge on any atom is -0.545 e. The van der Waals surface area contributed by atoms with Crippen LogP contribution in [0.3, 0.4) is 0 Å². The number of ketones is 1. The average molecular weight is 1130 g/mol. The number of Topliss-reactive ketones (excluding diaryl/α,β-unsaturated/α-hetero) is 1. The van der Waals surface area contributed by atoms with Crippen LogP contribution in [0.15, 0.2) is 146 Å². The van der Waals surface area contributed by atoms with E-state index in [4.69, 9.17) is 4.74 Å². The largest absolute Gasteiger partial charge is 0.545 e. The molecule has 0 aliphatic carbocycles. The number of carbonyl (C=O) groups is 6. The number of ether oxygens (including phenoxy) is 2. The first-order valence-electron chi connectivity index (χ1n) is 17.2. The summed E-state index contributed by atoms with van der Waals surface area (Å²) in [5.41, 5.74) is 1.88. The second-order valence-electron chi connectivity index (χ2n) is 11.7. The first-order chi connectivity index (χ1) is 28.2. The van der Waals surface area contributed by atoms with Crippen LogP contribution in [0, 0.1) is 21.4 Å². The predicted molar refractivity (Wildman–Crippen MR) is 196 cm³/mol. The number of hydrogen-bond acceptors (Lipinski definition) is 11. The van der Waals surface area contributed by atoms with Gasteiger partial charge >= 0.3 is 75.6 Å². The van der Waals surface area contributed by atoms with E-state index in [9.17, 15) is 44.1 Å². The highest BCUT2D eigenvalue weighted by molar-refractivity contribution is 5.94. The van der Waals surface area contributed by atoms with Crippen molar-refractivity contribution >= 4 is 35.6 Å². The van der Waals surface area contributed by atoms with Gasteiger partial charge in [0.25, 0.3) is 0 Å². The van der Waals surface area contributed by atoms with Crippen molar-refractivity contribution in [2.24, 2.45) is 0 Å². The molecule has 0 amide bonds. The summed E-state index contributed by atoms with van der Waals surface area (Å²) in [6.07, 6.45) is 0. The van der Waals surface area contributed by atoms with Crippen molar-refractivity contribution in [2.45, 2.75) is 13.8 Å². The van der Waals surface area contributed by atoms with Crippen molar-refractivity contribution in [2.75, 3.05) is 7.11 Å². The Kier molecular flexibility index (Phi) is 18.2. The van der Waals surface area contributed by atoms with Gasteiger partial charge in [0.05, 0.1) is 47.3 Å². The van der Waals surface area contributed by atoms with Gasteiger partial charge in [-0.3, -0.25) is 9.59 Å². The Morgan fingerprint density at radius 2 is 0.763 bits per heavy atom. The van der Waals surface area contributed by atoms with E-state index in [2.05, 4.69) is 4.74 Å². The van der Waals surface area contributed by atoms with Gasteiger partial charge in [-0.1, -0.05) is 36.4 Å². The fraction of sp³-hybridized carbons (Fsp3) is 0.0667. The third-order valence-corrected chi connectivity index (χ3v) is 16.1. The monoisotopic (exact) mass is 1130 g/mol. The molecule has 6 rings (SSSR count). The first-order valence-corrected chi connectivity index (χ1v) is 23.7. The molecule has 59 heavy (non-hydrogen) atoms. The fourth-order valence-corrected chi connectivity index (χ4v) is 12.1. The van der Waals surface area contributed by atoms with E-state index in [0.717, 1.165) is 21.4 Å². The molecule has 0 spiro atoms. The Morgan fingerprint density at radius 1 is 0.441 bits per heavy atom. The zero-order valence-electron chi connectivity index (χ0n) is 31.5. The summed E-state index contributed by atoms with van der Waals surface area (Å²) < 4.78 is 15.1. The molecule has 0 saturated carbocycles. The third kappa shape index (κ3) is 14.7. The molecule has 0 bridgehead atoms. The van der Waals surface area contributed by atoms with Crippen LogP contribution in [-0.4, -0.2) is 42.7 Å². The molecule has 0 atom stereocenters. The number of carboxylic acids is 3. The standard InChI is InChI=1S/2C15H11IO4.C15H11IO3/c1-20-15(19)10-6-8-11(9-7-10)16-13-5-3-2-4-12(13)14(17)18;1-10(17)20-12-8-6-11(7-9-12)16-14-5-3-2-4-13(14)15(18)19;1-10(17)11-6-8-12(9-7-11)16-14-5-3-2-4-13(14)15(18)19/h2*2-9H,1H3;2-9H,1H3. The summed E-state index contributed by atoms with van der Waals surface area (Å²) >= 11 is -1.85. The van der Waals surface area contributed by atoms with E-state index in [1.807, 2.05) is 60.7 Å². The SMILES string of the molecule is CC(=O)Oc1ccc([I+]c2ccccc2C(=O)[O-])cc1.CC(=O)c1ccc([I+]c2ccccc2C(=O)[O-])cc1.COC(=O)c1ccc([I+]c2ccccc2C(=O)[O-])cc1. The van der Waals surface area contributed by atoms with Crippen molar-refractivity contribution in [1.82, 2.24) is 0 Å². The molecule has 14 heteroatoms. The molecule has 0 aromatic heterocycles. The van der Waals surface area contributed by atoms with E-state index in [1.54, 1.807) is 84.9 Å². The van der Waals surface area contributed by atoms with Gasteiger partial charge in [0.15, 0.2) is 16.5 Å². The predicted octanol–water partition coefficient (Wildman–Crippen LogP) is -5.55. The van der Waals surface area contributed by atoms with Gasteiger partial charge in [0.1, 0.15) is 5.75 Å². The van der Waals surface area contributed by atoms with E-state index in [-0.39, 0.29) is 34.4 Å². The Bertz CT molecular complexity index is 2430. The van der Waals surface area contributed by atoms with Crippen LogP contribution in [0.25, 0.3) is 0 Å². The highest BCUT2D eigenvalue weighted by Crippen LogP contribution is 2.08. The molecule has 300 valence electrons. The Labute approximate surface area is 371 Å². The molecule has 6 aromatic rings. The van der Waals surface area contributed by atoms with Crippen LogP contribution in [0.5, 0.6) is 5.75 Å². The number of halogens is 3. The minimum absolute atomic E-state index is 0.0277. The molecule has 0 heterocycles. The van der Waals surface area contributed by atoms with E-state index in [0.29, 0.717) is 16.9 Å². The summed E-state index contributed by atoms with van der Waals surface area (Å²) in [5.74, 6) is -3.70. The average Bonchev–Trinajstić information content (AvgIpc) is 3.22. The second-order valence-corrected chi connectivity index (χ2v) is 20.5. The van der Waals surface area contributed by atoms with Gasteiger partial charge in [0, 0.05) is 12.5 Å². The molecule has 0 N–H and O–H groups in total. The van der Waals surface area contributed by atoms with Gasteiger partial charge < -0.3 is 39.2 Å². The van der Waals surface area contributed by atoms with Crippen LogP contribution in [0.1, 0.15) is 65.6 Å². The molecular formula is C45H33I3O11. The quantitative estimate of drug-likeness (QED) is 0.0492. The maximum Gasteiger partial charge on any atom is 0.358 e. The van der Waals surface area contributed by atoms with Crippen molar-refractivity contribution in [3.8, 4) is 5.75 Å². The normalized spacial score (nSPS) is 10.1. The number of carboxylic acid groups (broad SMARTS) is 3. The molecular weight excluding hydrogens is 1100 g/mol. The highest BCUT2D eigenvalue weighted by Gasteiger charge is 2.23. The van der Waals surface area contributed by atoms with Gasteiger partial charge in [-0.25, -0.2) is 4.79 Å². The van der Waals surface area contributed by atoms with Gasteiger partial charge in [-0.15, -0.1) is 0 Å². The van der Waals surface area contributed by atoms with Crippen LogP contribution >= 0.6 is 0 Å². The van der Waals surface area contributed by atoms with Crippen LogP contribution in [0.4, 0.5) is 0 Å². The lowest BCUT2D eigenvalue weighted by molar-refractivity contribution is -0.598. The minimum atomic E-state index is -1.16. The molecule has 0 radical (unpaired) electrons. The van der Waals surface area contributed by atoms with Crippen molar-refractivity contribution in [3.63, 3.8) is 0 Å². The van der Waals surface area contributed by atoms with Gasteiger partial charge in [0.2, 0.25) is 10.7 Å². The lowest BCUT2D eigenvalue weighted by atomic mass is 10.2. The number of rotatable bonds is 12. The number of methoxy groups -OCH3 is 1. The first kappa shape index (κ1) is 46.2. The number of hydrogen-bond donors (Lipinski definition) is 0. The molecule has 0 aliphatic rings. The van der Waals surface area contributed by atoms with E-state index in [1.165, 1.54) is 21.0 Å². The zero-order chi connectivity index (χ0) is 42.9. The fourth-order valence-electron chi connectivity index (χ4n) is 4.73. The zero-order valence-corrected chi connectivity index (χ0v) is 38.0. The van der Waals surface area contributed by atoms with Crippen molar-refractivity contribution in [3.05, 3.63) is 195 Å². The van der Waals surface area contributed by atoms with Gasteiger partial charge in [-0.05, 0) is 116 Å². The third-order valence-electron chi connectivity index (χ3n) is 7.51. The Morgan fingerprint density at radius 3 is 1.07 bits per heavy atom. The van der Waals surface area contributed by atoms with Crippen molar-refractivity contribution in [1.29, 1.82) is 0 Å². The van der Waals surface area contributed by atoms with Crippen LogP contribution < -0.4 is 83.7 Å². The summed E-state index contributed by atoms with van der Waals surface area (Å²) in [5, 5.41) is 33.1. The summed E-state index contributed by atoms with van der Waals surface area (Å²) in [6, 6.07) is 42.0. The van der Waals surface area contributed by atoms with Gasteiger partial charge in [-0.2, -0.15) is 0 Å². The van der Waals surface area contributed by atoms with Crippen molar-refractivity contribution < 1.29 is 117 Å². The number of carbonyl (C=O) groups excluding carboxylic acids is 6. The summed E-state index contributed by atoms with van der Waals surface area (Å²) in [4.78, 5) is 66.4. The topological polar surface area (TPSA) is 190 Å². The maximum absolute atomic E-state index is 11.3. The van der Waals surface area contributed by atoms with E-state index < -0.39 is 81.5 Å². The molecule has 0 unspecified atom stereocenters. The molecule has 0 saturated heterocycles. The molecule has 6 aromatic carbocycles. The van der Waals surface area contributed by atoms with E-state index >= 15 is 0 Å². The number of aromatic carboxylic acids is 3. The lowest BCUT2D eigenvalue weighted by Crippen LogP contribution is -3.61. The Hall–Kier alpha value is -5.47. The maximum atomic E-state index is 11.3. The summed E-state index contributed by atoms with van der Waals surface area (Å²) in [7, 11) is 1.33. The summed E-state index contributed by atoms with van der Waals surface area (Å²) in [6.45, 7) is 2.87. The van der Waals surface area contributed by atoms with Crippen LogP contribution in [0.2, 0.25) is 0 Å². The lowest BCUT2D eigenvalue weighted by Gasteiger charge is -2.01. The number of benzene rings is 6. The molecule has 11 nitrogen and oxygen atoms in total. The molecule has 0 aliphatic heterocycles. The number of esters is 2. The molecule has 0 fully saturated rings. The second kappa shape index (κ2) is 23.2. The Balaban J connectivity index is 0.000000196. The smallest absolute Gasteiger partial charge is 0.358 e.